The van der Waals surface area contributed by atoms with Gasteiger partial charge in [0.1, 0.15) is 0 Å². The van der Waals surface area contributed by atoms with Crippen molar-refractivity contribution in [1.29, 1.82) is 0 Å². The Morgan fingerprint density at radius 2 is 2.06 bits per heavy atom. The van der Waals surface area contributed by atoms with Crippen molar-refractivity contribution in [3.8, 4) is 0 Å². The predicted molar refractivity (Wildman–Crippen MR) is 78.0 cm³/mol. The van der Waals surface area contributed by atoms with Gasteiger partial charge in [0.15, 0.2) is 0 Å². The predicted octanol–water partition coefficient (Wildman–Crippen LogP) is 2.51. The number of ether oxygens (including phenoxy) is 1. The normalized spacial score (nSPS) is 26.8. The summed E-state index contributed by atoms with van der Waals surface area (Å²) in [6.45, 7) is 13.1. The fourth-order valence-electron chi connectivity index (χ4n) is 2.65. The third-order valence-corrected chi connectivity index (χ3v) is 4.22. The summed E-state index contributed by atoms with van der Waals surface area (Å²) in [7, 11) is 2.25. The second-order valence-corrected chi connectivity index (χ2v) is 6.36. The Balaban J connectivity index is 2.59. The van der Waals surface area contributed by atoms with E-state index < -0.39 is 0 Å². The summed E-state index contributed by atoms with van der Waals surface area (Å²) in [6.07, 6.45) is 3.70. The molecule has 1 saturated heterocycles. The average Bonchev–Trinajstić information content (AvgIpc) is 2.36. The zero-order valence-electron chi connectivity index (χ0n) is 13.0. The minimum atomic E-state index is 0.306. The van der Waals surface area contributed by atoms with E-state index in [1.807, 2.05) is 0 Å². The zero-order chi connectivity index (χ0) is 13.6. The number of rotatable bonds is 7. The van der Waals surface area contributed by atoms with E-state index >= 15 is 0 Å². The van der Waals surface area contributed by atoms with Crippen molar-refractivity contribution < 1.29 is 4.74 Å². The molecule has 3 nitrogen and oxygen atoms in total. The van der Waals surface area contributed by atoms with Crippen molar-refractivity contribution in [3.05, 3.63) is 0 Å². The molecule has 1 fully saturated rings. The molecule has 1 aliphatic rings. The molecule has 0 spiro atoms. The molecule has 0 aliphatic carbocycles. The van der Waals surface area contributed by atoms with Gasteiger partial charge < -0.3 is 15.0 Å². The molecule has 3 heteroatoms. The molecular formula is C15H32N2O. The number of hydrogen-bond donors (Lipinski definition) is 1. The molecule has 0 radical (unpaired) electrons. The van der Waals surface area contributed by atoms with Crippen molar-refractivity contribution in [2.45, 2.75) is 59.0 Å². The monoisotopic (exact) mass is 256 g/mol. The summed E-state index contributed by atoms with van der Waals surface area (Å²) < 4.78 is 5.77. The van der Waals surface area contributed by atoms with Crippen LogP contribution in [-0.2, 0) is 4.74 Å². The first-order valence-electron chi connectivity index (χ1n) is 7.50. The molecule has 1 heterocycles. The van der Waals surface area contributed by atoms with Crippen LogP contribution < -0.4 is 5.32 Å². The summed E-state index contributed by atoms with van der Waals surface area (Å²) in [5, 5.41) is 3.61. The first-order valence-corrected chi connectivity index (χ1v) is 7.50. The lowest BCUT2D eigenvalue weighted by molar-refractivity contribution is -0.0283. The van der Waals surface area contributed by atoms with E-state index in [-0.39, 0.29) is 0 Å². The maximum Gasteiger partial charge on any atom is 0.0546 e. The van der Waals surface area contributed by atoms with E-state index in [2.05, 4.69) is 45.0 Å². The summed E-state index contributed by atoms with van der Waals surface area (Å²) in [4.78, 5) is 2.50. The Morgan fingerprint density at radius 1 is 1.33 bits per heavy atom. The molecule has 1 rings (SSSR count). The molecular weight excluding hydrogens is 224 g/mol. The molecule has 1 aliphatic heterocycles. The number of nitrogens with zero attached hydrogens (tertiary/aromatic N) is 1. The van der Waals surface area contributed by atoms with Crippen LogP contribution in [0.25, 0.3) is 0 Å². The van der Waals surface area contributed by atoms with Crippen LogP contribution in [0.1, 0.15) is 47.0 Å². The Morgan fingerprint density at radius 3 is 2.56 bits per heavy atom. The molecule has 0 aromatic carbocycles. The lowest BCUT2D eigenvalue weighted by Gasteiger charge is -2.42. The highest BCUT2D eigenvalue weighted by Crippen LogP contribution is 2.29. The van der Waals surface area contributed by atoms with Gasteiger partial charge in [-0.1, -0.05) is 20.8 Å². The van der Waals surface area contributed by atoms with Gasteiger partial charge in [0.05, 0.1) is 6.61 Å². The van der Waals surface area contributed by atoms with Crippen molar-refractivity contribution in [1.82, 2.24) is 10.2 Å². The molecule has 0 aromatic heterocycles. The molecule has 0 amide bonds. The molecule has 0 bridgehead atoms. The van der Waals surface area contributed by atoms with Crippen LogP contribution in [-0.4, -0.2) is 50.3 Å². The quantitative estimate of drug-likeness (QED) is 0.757. The van der Waals surface area contributed by atoms with Crippen molar-refractivity contribution in [2.75, 3.05) is 33.4 Å². The van der Waals surface area contributed by atoms with Crippen molar-refractivity contribution in [2.24, 2.45) is 5.41 Å². The Bertz CT molecular complexity index is 225. The van der Waals surface area contributed by atoms with Gasteiger partial charge in [-0.05, 0) is 33.2 Å². The summed E-state index contributed by atoms with van der Waals surface area (Å²) >= 11 is 0. The van der Waals surface area contributed by atoms with Crippen LogP contribution in [0, 0.1) is 5.41 Å². The molecule has 0 aromatic rings. The summed E-state index contributed by atoms with van der Waals surface area (Å²) in [6, 6.07) is 1.21. The third kappa shape index (κ3) is 4.87. The maximum absolute atomic E-state index is 5.77. The highest BCUT2D eigenvalue weighted by atomic mass is 16.5. The standard InChI is InChI=1S/C15H32N2O/c1-6-14(4)17(5)11-15(10-16-13(2)3)8-7-9-18-12-15/h13-14,16H,6-12H2,1-5H3. The summed E-state index contributed by atoms with van der Waals surface area (Å²) in [5.41, 5.74) is 0.306. The van der Waals surface area contributed by atoms with E-state index in [4.69, 9.17) is 4.74 Å². The SMILES string of the molecule is CCC(C)N(C)CC1(CNC(C)C)CCCOC1. The lowest BCUT2D eigenvalue weighted by Crippen LogP contribution is -2.50. The highest BCUT2D eigenvalue weighted by Gasteiger charge is 2.34. The maximum atomic E-state index is 5.77. The van der Waals surface area contributed by atoms with Crippen molar-refractivity contribution >= 4 is 0 Å². The van der Waals surface area contributed by atoms with Gasteiger partial charge in [-0.3, -0.25) is 0 Å². The number of hydrogen-bond acceptors (Lipinski definition) is 3. The summed E-state index contributed by atoms with van der Waals surface area (Å²) in [5.74, 6) is 0. The van der Waals surface area contributed by atoms with Crippen molar-refractivity contribution in [3.63, 3.8) is 0 Å². The minimum Gasteiger partial charge on any atom is -0.381 e. The molecule has 18 heavy (non-hydrogen) atoms. The second-order valence-electron chi connectivity index (χ2n) is 6.36. The van der Waals surface area contributed by atoms with Crippen LogP contribution in [0.3, 0.4) is 0 Å². The van der Waals surface area contributed by atoms with Gasteiger partial charge in [-0.2, -0.15) is 0 Å². The fraction of sp³-hybridized carbons (Fsp3) is 1.00. The Kier molecular flexibility index (Phi) is 6.61. The van der Waals surface area contributed by atoms with Crippen LogP contribution in [0.15, 0.2) is 0 Å². The topological polar surface area (TPSA) is 24.5 Å². The van der Waals surface area contributed by atoms with Crippen LogP contribution in [0.4, 0.5) is 0 Å². The molecule has 2 atom stereocenters. The fourth-order valence-corrected chi connectivity index (χ4v) is 2.65. The van der Waals surface area contributed by atoms with Gasteiger partial charge in [0.2, 0.25) is 0 Å². The first kappa shape index (κ1) is 15.9. The Labute approximate surface area is 113 Å². The molecule has 1 N–H and O–H groups in total. The van der Waals surface area contributed by atoms with E-state index in [1.165, 1.54) is 19.3 Å². The van der Waals surface area contributed by atoms with E-state index in [9.17, 15) is 0 Å². The van der Waals surface area contributed by atoms with E-state index in [0.717, 1.165) is 26.3 Å². The van der Waals surface area contributed by atoms with E-state index in [1.54, 1.807) is 0 Å². The van der Waals surface area contributed by atoms with E-state index in [0.29, 0.717) is 17.5 Å². The highest BCUT2D eigenvalue weighted by molar-refractivity contribution is 4.88. The molecule has 108 valence electrons. The van der Waals surface area contributed by atoms with Gasteiger partial charge >= 0.3 is 0 Å². The first-order chi connectivity index (χ1) is 8.49. The average molecular weight is 256 g/mol. The zero-order valence-corrected chi connectivity index (χ0v) is 13.0. The largest absolute Gasteiger partial charge is 0.381 e. The third-order valence-electron chi connectivity index (χ3n) is 4.22. The molecule has 2 unspecified atom stereocenters. The number of nitrogens with one attached hydrogen (secondary N) is 1. The van der Waals surface area contributed by atoms with Gasteiger partial charge in [-0.15, -0.1) is 0 Å². The van der Waals surface area contributed by atoms with Crippen LogP contribution in [0.2, 0.25) is 0 Å². The second kappa shape index (κ2) is 7.46. The van der Waals surface area contributed by atoms with Gasteiger partial charge in [-0.25, -0.2) is 0 Å². The molecule has 0 saturated carbocycles. The van der Waals surface area contributed by atoms with Crippen LogP contribution in [0.5, 0.6) is 0 Å². The lowest BCUT2D eigenvalue weighted by atomic mass is 9.81. The smallest absolute Gasteiger partial charge is 0.0546 e. The van der Waals surface area contributed by atoms with Crippen LogP contribution >= 0.6 is 0 Å². The Hall–Kier alpha value is -0.120. The van der Waals surface area contributed by atoms with Gasteiger partial charge in [0, 0.05) is 37.2 Å². The van der Waals surface area contributed by atoms with Gasteiger partial charge in [0.25, 0.3) is 0 Å². The minimum absolute atomic E-state index is 0.306.